The Labute approximate surface area is 114 Å². The number of halogens is 1. The van der Waals surface area contributed by atoms with Crippen molar-refractivity contribution in [3.63, 3.8) is 0 Å². The van der Waals surface area contributed by atoms with Gasteiger partial charge in [0.15, 0.2) is 0 Å². The zero-order valence-corrected chi connectivity index (χ0v) is 11.9. The molecule has 1 aliphatic carbocycles. The van der Waals surface area contributed by atoms with Crippen molar-refractivity contribution in [1.29, 1.82) is 0 Å². The van der Waals surface area contributed by atoms with Crippen LogP contribution in [0.15, 0.2) is 5.38 Å². The van der Waals surface area contributed by atoms with E-state index in [0.717, 1.165) is 24.7 Å². The van der Waals surface area contributed by atoms with Gasteiger partial charge in [0.2, 0.25) is 0 Å². The lowest BCUT2D eigenvalue weighted by Gasteiger charge is -2.21. The summed E-state index contributed by atoms with van der Waals surface area (Å²) in [5, 5.41) is 9.45. The second kappa shape index (κ2) is 8.84. The second-order valence-electron chi connectivity index (χ2n) is 4.72. The Morgan fingerprint density at radius 1 is 1.29 bits per heavy atom. The Morgan fingerprint density at radius 3 is 2.82 bits per heavy atom. The van der Waals surface area contributed by atoms with Crippen LogP contribution in [0.1, 0.15) is 50.6 Å². The van der Waals surface area contributed by atoms with Gasteiger partial charge < -0.3 is 5.32 Å². The van der Waals surface area contributed by atoms with Gasteiger partial charge in [-0.1, -0.05) is 36.6 Å². The summed E-state index contributed by atoms with van der Waals surface area (Å²) in [6.45, 7) is 2.00. The van der Waals surface area contributed by atoms with Gasteiger partial charge >= 0.3 is 0 Å². The second-order valence-corrected chi connectivity index (χ2v) is 5.33. The Balaban J connectivity index is 0.00000144. The normalized spacial score (nSPS) is 16.7. The maximum atomic E-state index is 4.01. The van der Waals surface area contributed by atoms with Gasteiger partial charge in [0.05, 0.1) is 5.69 Å². The van der Waals surface area contributed by atoms with E-state index in [4.69, 9.17) is 0 Å². The zero-order chi connectivity index (χ0) is 11.1. The summed E-state index contributed by atoms with van der Waals surface area (Å²) in [6, 6.07) is 0. The maximum absolute atomic E-state index is 4.01. The molecule has 3 nitrogen and oxygen atoms in total. The van der Waals surface area contributed by atoms with E-state index in [1.54, 1.807) is 0 Å². The lowest BCUT2D eigenvalue weighted by atomic mass is 9.86. The van der Waals surface area contributed by atoms with Crippen molar-refractivity contribution in [1.82, 2.24) is 14.9 Å². The molecule has 1 saturated carbocycles. The van der Waals surface area contributed by atoms with Crippen LogP contribution in [0.4, 0.5) is 0 Å². The van der Waals surface area contributed by atoms with Gasteiger partial charge in [-0.3, -0.25) is 0 Å². The topological polar surface area (TPSA) is 37.8 Å². The number of hydrogen-bond donors (Lipinski definition) is 1. The fraction of sp³-hybridized carbons (Fsp3) is 0.833. The van der Waals surface area contributed by atoms with Gasteiger partial charge in [-0.2, -0.15) is 0 Å². The molecule has 0 unspecified atom stereocenters. The van der Waals surface area contributed by atoms with Gasteiger partial charge in [0.1, 0.15) is 0 Å². The maximum Gasteiger partial charge on any atom is 0.0893 e. The summed E-state index contributed by atoms with van der Waals surface area (Å²) in [5.74, 6) is 1.01. The van der Waals surface area contributed by atoms with E-state index in [2.05, 4.69) is 14.9 Å². The van der Waals surface area contributed by atoms with Crippen molar-refractivity contribution in [3.8, 4) is 0 Å². The zero-order valence-electron chi connectivity index (χ0n) is 10.2. The number of aromatic nitrogens is 2. The molecule has 2 rings (SSSR count). The molecule has 1 aromatic rings. The highest BCUT2D eigenvalue weighted by molar-refractivity contribution is 7.03. The highest BCUT2D eigenvalue weighted by atomic mass is 35.5. The van der Waals surface area contributed by atoms with Crippen molar-refractivity contribution in [3.05, 3.63) is 11.1 Å². The van der Waals surface area contributed by atoms with Crippen molar-refractivity contribution in [2.75, 3.05) is 6.54 Å². The monoisotopic (exact) mass is 275 g/mol. The molecule has 0 bridgehead atoms. The van der Waals surface area contributed by atoms with E-state index < -0.39 is 0 Å². The van der Waals surface area contributed by atoms with Gasteiger partial charge in [-0.25, -0.2) is 0 Å². The van der Waals surface area contributed by atoms with Crippen LogP contribution in [0.3, 0.4) is 0 Å². The summed E-state index contributed by atoms with van der Waals surface area (Å²) < 4.78 is 3.85. The van der Waals surface area contributed by atoms with Gasteiger partial charge in [0.25, 0.3) is 0 Å². The molecule has 0 spiro atoms. The molecule has 1 fully saturated rings. The smallest absolute Gasteiger partial charge is 0.0893 e. The van der Waals surface area contributed by atoms with E-state index in [1.807, 2.05) is 5.38 Å². The lowest BCUT2D eigenvalue weighted by molar-refractivity contribution is 0.330. The van der Waals surface area contributed by atoms with Crippen LogP contribution in [0.25, 0.3) is 0 Å². The summed E-state index contributed by atoms with van der Waals surface area (Å²) >= 11 is 1.42. The molecule has 0 aliphatic heterocycles. The summed E-state index contributed by atoms with van der Waals surface area (Å²) in [7, 11) is 0. The van der Waals surface area contributed by atoms with E-state index in [-0.39, 0.29) is 12.4 Å². The Bertz CT molecular complexity index is 273. The Kier molecular flexibility index (Phi) is 7.73. The lowest BCUT2D eigenvalue weighted by Crippen LogP contribution is -2.16. The molecule has 0 aromatic carbocycles. The number of rotatable bonds is 6. The fourth-order valence-electron chi connectivity index (χ4n) is 2.47. The van der Waals surface area contributed by atoms with Crippen molar-refractivity contribution in [2.45, 2.75) is 51.5 Å². The van der Waals surface area contributed by atoms with Crippen LogP contribution in [0.2, 0.25) is 0 Å². The molecule has 5 heteroatoms. The van der Waals surface area contributed by atoms with Gasteiger partial charge in [-0.05, 0) is 36.8 Å². The Hall–Kier alpha value is -0.190. The third-order valence-corrected chi connectivity index (χ3v) is 3.96. The Morgan fingerprint density at radius 2 is 2.12 bits per heavy atom. The minimum Gasteiger partial charge on any atom is -0.311 e. The number of nitrogens with one attached hydrogen (secondary N) is 1. The molecule has 17 heavy (non-hydrogen) atoms. The third kappa shape index (κ3) is 5.80. The van der Waals surface area contributed by atoms with Crippen molar-refractivity contribution >= 4 is 23.9 Å². The average Bonchev–Trinajstić information content (AvgIpc) is 2.83. The summed E-state index contributed by atoms with van der Waals surface area (Å²) in [4.78, 5) is 0. The molecule has 1 N–H and O–H groups in total. The van der Waals surface area contributed by atoms with Gasteiger partial charge in [0, 0.05) is 11.9 Å². The standard InChI is InChI=1S/C12H21N3S.ClH/c1-2-5-11(6-3-1)7-4-8-13-9-12-10-16-15-14-12;/h10-11,13H,1-9H2;1H. The molecule has 0 radical (unpaired) electrons. The quantitative estimate of drug-likeness (QED) is 0.809. The first-order chi connectivity index (χ1) is 7.95. The molecule has 1 aliphatic rings. The summed E-state index contributed by atoms with van der Waals surface area (Å²) in [6.07, 6.45) is 10.0. The molecule has 1 heterocycles. The molecule has 0 atom stereocenters. The molecular weight excluding hydrogens is 254 g/mol. The van der Waals surface area contributed by atoms with Crippen LogP contribution in [-0.4, -0.2) is 16.1 Å². The van der Waals surface area contributed by atoms with Crippen LogP contribution in [0, 0.1) is 5.92 Å². The predicted octanol–water partition coefficient (Wildman–Crippen LogP) is 3.41. The molecule has 0 amide bonds. The van der Waals surface area contributed by atoms with E-state index in [0.29, 0.717) is 0 Å². The highest BCUT2D eigenvalue weighted by Crippen LogP contribution is 2.26. The fourth-order valence-corrected chi connectivity index (χ4v) is 2.92. The highest BCUT2D eigenvalue weighted by Gasteiger charge is 2.12. The first kappa shape index (κ1) is 14.9. The first-order valence-corrected chi connectivity index (χ1v) is 7.25. The predicted molar refractivity (Wildman–Crippen MR) is 74.7 cm³/mol. The largest absolute Gasteiger partial charge is 0.311 e. The van der Waals surface area contributed by atoms with E-state index >= 15 is 0 Å². The van der Waals surface area contributed by atoms with Crippen LogP contribution < -0.4 is 5.32 Å². The van der Waals surface area contributed by atoms with Crippen LogP contribution >= 0.6 is 23.9 Å². The van der Waals surface area contributed by atoms with E-state index in [9.17, 15) is 0 Å². The minimum atomic E-state index is 0. The van der Waals surface area contributed by atoms with Gasteiger partial charge in [-0.15, -0.1) is 17.5 Å². The van der Waals surface area contributed by atoms with Crippen molar-refractivity contribution in [2.24, 2.45) is 5.92 Å². The van der Waals surface area contributed by atoms with E-state index in [1.165, 1.54) is 56.5 Å². The molecule has 0 saturated heterocycles. The average molecular weight is 276 g/mol. The first-order valence-electron chi connectivity index (χ1n) is 6.42. The molecule has 1 aromatic heterocycles. The van der Waals surface area contributed by atoms with Crippen LogP contribution in [0.5, 0.6) is 0 Å². The number of nitrogens with zero attached hydrogens (tertiary/aromatic N) is 2. The summed E-state index contributed by atoms with van der Waals surface area (Å²) in [5.41, 5.74) is 1.07. The molecule has 98 valence electrons. The minimum absolute atomic E-state index is 0. The molecular formula is C12H22ClN3S. The third-order valence-electron chi connectivity index (χ3n) is 3.40. The number of hydrogen-bond acceptors (Lipinski definition) is 4. The van der Waals surface area contributed by atoms with Crippen LogP contribution in [-0.2, 0) is 6.54 Å². The van der Waals surface area contributed by atoms with Crippen molar-refractivity contribution < 1.29 is 0 Å². The SMILES string of the molecule is Cl.c1snnc1CNCCCC1CCCCC1.